The van der Waals surface area contributed by atoms with Crippen LogP contribution in [0.3, 0.4) is 0 Å². The highest BCUT2D eigenvalue weighted by atomic mass is 79.9. The SMILES string of the molecule is COc1cc(/C=N/Nc2nc(-c3ccc(Cl)cc3Cl)cs2)cc(Br)c1O. The molecule has 3 rings (SSSR count). The van der Waals surface area contributed by atoms with Gasteiger partial charge in [-0.25, -0.2) is 4.98 Å². The fourth-order valence-corrected chi connectivity index (χ4v) is 3.76. The molecule has 0 aliphatic heterocycles. The van der Waals surface area contributed by atoms with E-state index >= 15 is 0 Å². The Bertz CT molecular complexity index is 979. The zero-order valence-electron chi connectivity index (χ0n) is 13.3. The first-order valence-corrected chi connectivity index (χ1v) is 9.67. The highest BCUT2D eigenvalue weighted by Crippen LogP contribution is 2.35. The van der Waals surface area contributed by atoms with Crippen LogP contribution in [0.5, 0.6) is 11.5 Å². The van der Waals surface area contributed by atoms with Crippen LogP contribution in [0.25, 0.3) is 11.3 Å². The second-order valence-electron chi connectivity index (χ2n) is 5.09. The van der Waals surface area contributed by atoms with Crippen LogP contribution >= 0.6 is 50.5 Å². The maximum Gasteiger partial charge on any atom is 0.203 e. The van der Waals surface area contributed by atoms with Crippen molar-refractivity contribution in [3.63, 3.8) is 0 Å². The van der Waals surface area contributed by atoms with E-state index in [4.69, 9.17) is 27.9 Å². The average Bonchev–Trinajstić information content (AvgIpc) is 3.06. The summed E-state index contributed by atoms with van der Waals surface area (Å²) in [6.07, 6.45) is 1.60. The molecule has 1 heterocycles. The fourth-order valence-electron chi connectivity index (χ4n) is 2.13. The minimum Gasteiger partial charge on any atom is -0.503 e. The molecule has 5 nitrogen and oxygen atoms in total. The third-order valence-corrected chi connectivity index (χ3v) is 5.26. The molecule has 134 valence electrons. The number of hydrogen-bond donors (Lipinski definition) is 2. The number of nitrogens with zero attached hydrogens (tertiary/aromatic N) is 2. The van der Waals surface area contributed by atoms with Crippen LogP contribution in [-0.4, -0.2) is 23.4 Å². The van der Waals surface area contributed by atoms with Gasteiger partial charge in [0.2, 0.25) is 5.13 Å². The number of benzene rings is 2. The number of phenols is 1. The number of halogens is 3. The second kappa shape index (κ2) is 8.26. The molecule has 0 fully saturated rings. The van der Waals surface area contributed by atoms with Crippen molar-refractivity contribution >= 4 is 61.8 Å². The van der Waals surface area contributed by atoms with Gasteiger partial charge in [0, 0.05) is 16.0 Å². The molecule has 0 saturated carbocycles. The van der Waals surface area contributed by atoms with Crippen LogP contribution in [0.15, 0.2) is 45.3 Å². The Hall–Kier alpha value is -1.80. The number of nitrogens with one attached hydrogen (secondary N) is 1. The number of ether oxygens (including phenoxy) is 1. The van der Waals surface area contributed by atoms with Gasteiger partial charge in [0.15, 0.2) is 11.5 Å². The van der Waals surface area contributed by atoms with Gasteiger partial charge in [0.05, 0.1) is 28.5 Å². The molecular weight excluding hydrogens is 461 g/mol. The van der Waals surface area contributed by atoms with Gasteiger partial charge in [-0.3, -0.25) is 5.43 Å². The quantitative estimate of drug-likeness (QED) is 0.351. The minimum absolute atomic E-state index is 0.0435. The Morgan fingerprint density at radius 1 is 1.31 bits per heavy atom. The zero-order chi connectivity index (χ0) is 18.7. The van der Waals surface area contributed by atoms with Crippen molar-refractivity contribution in [2.45, 2.75) is 0 Å². The predicted octanol–water partition coefficient (Wildman–Crippen LogP) is 6.04. The standard InChI is InChI=1S/C17H12BrCl2N3O2S/c1-25-15-5-9(4-12(18)16(15)24)7-21-23-17-22-14(8-26-17)11-3-2-10(19)6-13(11)20/h2-8,24H,1H3,(H,22,23)/b21-7+. The predicted molar refractivity (Wildman–Crippen MR) is 111 cm³/mol. The number of aromatic nitrogens is 1. The van der Waals surface area contributed by atoms with E-state index in [0.717, 1.165) is 16.8 Å². The third-order valence-electron chi connectivity index (χ3n) is 3.36. The first-order valence-electron chi connectivity index (χ1n) is 7.24. The Morgan fingerprint density at radius 3 is 2.85 bits per heavy atom. The first-order chi connectivity index (χ1) is 12.5. The first kappa shape index (κ1) is 19.0. The number of rotatable bonds is 5. The summed E-state index contributed by atoms with van der Waals surface area (Å²) in [5, 5.41) is 17.6. The highest BCUT2D eigenvalue weighted by Gasteiger charge is 2.09. The summed E-state index contributed by atoms with van der Waals surface area (Å²) in [6.45, 7) is 0. The Morgan fingerprint density at radius 2 is 2.12 bits per heavy atom. The zero-order valence-corrected chi connectivity index (χ0v) is 17.2. The summed E-state index contributed by atoms with van der Waals surface area (Å²) in [5.74, 6) is 0.400. The van der Waals surface area contributed by atoms with Crippen molar-refractivity contribution in [2.75, 3.05) is 12.5 Å². The molecule has 0 amide bonds. The van der Waals surface area contributed by atoms with Crippen LogP contribution in [0.4, 0.5) is 5.13 Å². The molecule has 0 atom stereocenters. The van der Waals surface area contributed by atoms with Crippen molar-refractivity contribution in [1.82, 2.24) is 4.98 Å². The minimum atomic E-state index is 0.0435. The molecule has 9 heteroatoms. The van der Waals surface area contributed by atoms with Gasteiger partial charge in [0.25, 0.3) is 0 Å². The van der Waals surface area contributed by atoms with Crippen molar-refractivity contribution in [3.8, 4) is 22.8 Å². The topological polar surface area (TPSA) is 66.7 Å². The Balaban J connectivity index is 1.74. The summed E-state index contributed by atoms with van der Waals surface area (Å²) in [5.41, 5.74) is 5.16. The summed E-state index contributed by atoms with van der Waals surface area (Å²) in [4.78, 5) is 4.46. The molecule has 0 spiro atoms. The second-order valence-corrected chi connectivity index (χ2v) is 7.64. The summed E-state index contributed by atoms with van der Waals surface area (Å²) >= 11 is 16.8. The lowest BCUT2D eigenvalue weighted by molar-refractivity contribution is 0.372. The summed E-state index contributed by atoms with van der Waals surface area (Å²) in [7, 11) is 1.49. The molecular formula is C17H12BrCl2N3O2S. The van der Waals surface area contributed by atoms with Gasteiger partial charge in [-0.05, 0) is 51.8 Å². The van der Waals surface area contributed by atoms with E-state index in [2.05, 4.69) is 31.4 Å². The molecule has 0 saturated heterocycles. The lowest BCUT2D eigenvalue weighted by atomic mass is 10.2. The molecule has 0 aliphatic carbocycles. The number of hydrazone groups is 1. The van der Waals surface area contributed by atoms with E-state index in [-0.39, 0.29) is 5.75 Å². The van der Waals surface area contributed by atoms with Gasteiger partial charge in [-0.15, -0.1) is 11.3 Å². The largest absolute Gasteiger partial charge is 0.503 e. The van der Waals surface area contributed by atoms with E-state index in [1.54, 1.807) is 30.5 Å². The van der Waals surface area contributed by atoms with Gasteiger partial charge < -0.3 is 9.84 Å². The smallest absolute Gasteiger partial charge is 0.203 e. The average molecular weight is 473 g/mol. The van der Waals surface area contributed by atoms with E-state index in [0.29, 0.717) is 25.4 Å². The normalized spacial score (nSPS) is 11.1. The maximum absolute atomic E-state index is 9.82. The van der Waals surface area contributed by atoms with E-state index < -0.39 is 0 Å². The summed E-state index contributed by atoms with van der Waals surface area (Å²) in [6, 6.07) is 8.67. The van der Waals surface area contributed by atoms with Crippen LogP contribution < -0.4 is 10.2 Å². The number of hydrogen-bond acceptors (Lipinski definition) is 6. The number of thiazole rings is 1. The lowest BCUT2D eigenvalue weighted by Crippen LogP contribution is -1.92. The number of aromatic hydroxyl groups is 1. The molecule has 2 aromatic carbocycles. The molecule has 0 unspecified atom stereocenters. The Kier molecular flexibility index (Phi) is 6.03. The van der Waals surface area contributed by atoms with Crippen LogP contribution in [0.2, 0.25) is 10.0 Å². The molecule has 1 aromatic heterocycles. The van der Waals surface area contributed by atoms with E-state index in [9.17, 15) is 5.11 Å². The van der Waals surface area contributed by atoms with Crippen LogP contribution in [0.1, 0.15) is 5.56 Å². The molecule has 26 heavy (non-hydrogen) atoms. The summed E-state index contributed by atoms with van der Waals surface area (Å²) < 4.78 is 5.63. The number of methoxy groups -OCH3 is 1. The highest BCUT2D eigenvalue weighted by molar-refractivity contribution is 9.10. The van der Waals surface area contributed by atoms with Crippen molar-refractivity contribution < 1.29 is 9.84 Å². The van der Waals surface area contributed by atoms with Crippen LogP contribution in [0, 0.1) is 0 Å². The van der Waals surface area contributed by atoms with E-state index in [1.807, 2.05) is 11.4 Å². The molecule has 0 bridgehead atoms. The van der Waals surface area contributed by atoms with Crippen molar-refractivity contribution in [2.24, 2.45) is 5.10 Å². The Labute approximate surface area is 172 Å². The maximum atomic E-state index is 9.82. The monoisotopic (exact) mass is 471 g/mol. The molecule has 0 radical (unpaired) electrons. The van der Waals surface area contributed by atoms with Gasteiger partial charge in [0.1, 0.15) is 0 Å². The molecule has 0 aliphatic rings. The fraction of sp³-hybridized carbons (Fsp3) is 0.0588. The van der Waals surface area contributed by atoms with E-state index in [1.165, 1.54) is 18.4 Å². The van der Waals surface area contributed by atoms with Gasteiger partial charge >= 0.3 is 0 Å². The van der Waals surface area contributed by atoms with Gasteiger partial charge in [-0.2, -0.15) is 5.10 Å². The molecule has 2 N–H and O–H groups in total. The van der Waals surface area contributed by atoms with Crippen molar-refractivity contribution in [3.05, 3.63) is 55.8 Å². The third kappa shape index (κ3) is 4.29. The van der Waals surface area contributed by atoms with Crippen molar-refractivity contribution in [1.29, 1.82) is 0 Å². The number of phenolic OH excluding ortho intramolecular Hbond substituents is 1. The van der Waals surface area contributed by atoms with Crippen LogP contribution in [-0.2, 0) is 0 Å². The lowest BCUT2D eigenvalue weighted by Gasteiger charge is -2.06. The molecule has 3 aromatic rings. The van der Waals surface area contributed by atoms with Gasteiger partial charge in [-0.1, -0.05) is 23.2 Å². The number of anilines is 1.